The molecule has 1 unspecified atom stereocenters. The summed E-state index contributed by atoms with van der Waals surface area (Å²) in [5, 5.41) is 2.79. The Hall–Kier alpha value is -0.680. The van der Waals surface area contributed by atoms with Gasteiger partial charge in [-0.25, -0.2) is 0 Å². The van der Waals surface area contributed by atoms with Crippen molar-refractivity contribution in [3.8, 4) is 0 Å². The molecule has 1 saturated heterocycles. The van der Waals surface area contributed by atoms with Crippen LogP contribution in [0.2, 0.25) is 0 Å². The van der Waals surface area contributed by atoms with Crippen LogP contribution >= 0.6 is 12.2 Å². The van der Waals surface area contributed by atoms with E-state index in [-0.39, 0.29) is 11.8 Å². The van der Waals surface area contributed by atoms with Crippen molar-refractivity contribution in [3.05, 3.63) is 0 Å². The van der Waals surface area contributed by atoms with Gasteiger partial charge < -0.3 is 11.1 Å². The van der Waals surface area contributed by atoms with Crippen molar-refractivity contribution in [3.63, 3.8) is 0 Å². The SMILES string of the molecule is CCNC(=O)CN1CCCC(C(N)=S)C1. The predicted octanol–water partition coefficient (Wildman–Crippen LogP) is 0.121. The summed E-state index contributed by atoms with van der Waals surface area (Å²) < 4.78 is 0. The van der Waals surface area contributed by atoms with Crippen LogP contribution in [0.1, 0.15) is 19.8 Å². The van der Waals surface area contributed by atoms with Crippen LogP contribution in [0.15, 0.2) is 0 Å². The topological polar surface area (TPSA) is 58.4 Å². The van der Waals surface area contributed by atoms with Gasteiger partial charge in [0.25, 0.3) is 0 Å². The van der Waals surface area contributed by atoms with Gasteiger partial charge in [-0.3, -0.25) is 9.69 Å². The van der Waals surface area contributed by atoms with E-state index in [2.05, 4.69) is 10.2 Å². The molecule has 0 aromatic heterocycles. The number of carbonyl (C=O) groups excluding carboxylic acids is 1. The Kier molecular flexibility index (Phi) is 4.98. The summed E-state index contributed by atoms with van der Waals surface area (Å²) in [4.78, 5) is 14.1. The Bertz CT molecular complexity index is 245. The van der Waals surface area contributed by atoms with Gasteiger partial charge in [0.15, 0.2) is 0 Å². The van der Waals surface area contributed by atoms with Crippen molar-refractivity contribution in [1.29, 1.82) is 0 Å². The number of likely N-dealkylation sites (tertiary alicyclic amines) is 1. The molecule has 86 valence electrons. The Morgan fingerprint density at radius 2 is 2.40 bits per heavy atom. The lowest BCUT2D eigenvalue weighted by Crippen LogP contribution is -2.45. The van der Waals surface area contributed by atoms with Crippen molar-refractivity contribution >= 4 is 23.1 Å². The Labute approximate surface area is 96.2 Å². The van der Waals surface area contributed by atoms with Crippen LogP contribution in [-0.4, -0.2) is 42.0 Å². The highest BCUT2D eigenvalue weighted by atomic mass is 32.1. The summed E-state index contributed by atoms with van der Waals surface area (Å²) in [5.41, 5.74) is 5.62. The second-order valence-corrected chi connectivity index (χ2v) is 4.40. The molecule has 0 radical (unpaired) electrons. The number of nitrogens with one attached hydrogen (secondary N) is 1. The molecule has 1 aliphatic heterocycles. The molecule has 5 heteroatoms. The van der Waals surface area contributed by atoms with Crippen LogP contribution in [0.4, 0.5) is 0 Å². The summed E-state index contributed by atoms with van der Waals surface area (Å²) in [6.45, 7) is 4.87. The van der Waals surface area contributed by atoms with Gasteiger partial charge in [-0.15, -0.1) is 0 Å². The molecule has 4 nitrogen and oxygen atoms in total. The number of carbonyl (C=O) groups is 1. The first-order chi connectivity index (χ1) is 7.13. The molecule has 0 aromatic rings. The largest absolute Gasteiger partial charge is 0.393 e. The van der Waals surface area contributed by atoms with Crippen molar-refractivity contribution in [2.75, 3.05) is 26.2 Å². The lowest BCUT2D eigenvalue weighted by atomic mass is 9.98. The lowest BCUT2D eigenvalue weighted by molar-refractivity contribution is -0.122. The first kappa shape index (κ1) is 12.4. The number of piperidine rings is 1. The van der Waals surface area contributed by atoms with Gasteiger partial charge in [-0.1, -0.05) is 12.2 Å². The zero-order valence-corrected chi connectivity index (χ0v) is 9.98. The van der Waals surface area contributed by atoms with Crippen LogP contribution in [0, 0.1) is 5.92 Å². The summed E-state index contributed by atoms with van der Waals surface area (Å²) in [7, 11) is 0. The van der Waals surface area contributed by atoms with E-state index in [9.17, 15) is 4.79 Å². The number of thiocarbonyl (C=S) groups is 1. The Morgan fingerprint density at radius 1 is 1.67 bits per heavy atom. The molecule has 0 aromatic carbocycles. The van der Waals surface area contributed by atoms with E-state index in [0.717, 1.165) is 25.9 Å². The maximum atomic E-state index is 11.4. The van der Waals surface area contributed by atoms with E-state index in [1.165, 1.54) is 0 Å². The van der Waals surface area contributed by atoms with Crippen molar-refractivity contribution < 1.29 is 4.79 Å². The molecule has 1 heterocycles. The molecule has 0 spiro atoms. The molecule has 1 amide bonds. The number of nitrogens with two attached hydrogens (primary N) is 1. The van der Waals surface area contributed by atoms with Crippen molar-refractivity contribution in [2.24, 2.45) is 11.7 Å². The first-order valence-corrected chi connectivity index (χ1v) is 5.82. The van der Waals surface area contributed by atoms with Gasteiger partial charge in [0.1, 0.15) is 0 Å². The fourth-order valence-electron chi connectivity index (χ4n) is 1.89. The molecule has 15 heavy (non-hydrogen) atoms. The van der Waals surface area contributed by atoms with Gasteiger partial charge in [0.05, 0.1) is 11.5 Å². The molecule has 0 aliphatic carbocycles. The second-order valence-electron chi connectivity index (χ2n) is 3.93. The van der Waals surface area contributed by atoms with Crippen molar-refractivity contribution in [2.45, 2.75) is 19.8 Å². The monoisotopic (exact) mass is 229 g/mol. The quantitative estimate of drug-likeness (QED) is 0.672. The molecule has 0 saturated carbocycles. The maximum absolute atomic E-state index is 11.4. The van der Waals surface area contributed by atoms with E-state index in [4.69, 9.17) is 18.0 Å². The lowest BCUT2D eigenvalue weighted by Gasteiger charge is -2.31. The number of likely N-dealkylation sites (N-methyl/N-ethyl adjacent to an activating group) is 1. The molecule has 1 aliphatic rings. The number of hydrogen-bond acceptors (Lipinski definition) is 3. The van der Waals surface area contributed by atoms with Crippen LogP contribution < -0.4 is 11.1 Å². The van der Waals surface area contributed by atoms with Gasteiger partial charge >= 0.3 is 0 Å². The molecular weight excluding hydrogens is 210 g/mol. The van der Waals surface area contributed by atoms with Crippen LogP contribution in [-0.2, 0) is 4.79 Å². The minimum atomic E-state index is 0.0843. The minimum Gasteiger partial charge on any atom is -0.393 e. The fraction of sp³-hybridized carbons (Fsp3) is 0.800. The van der Waals surface area contributed by atoms with Crippen LogP contribution in [0.3, 0.4) is 0 Å². The third-order valence-corrected chi connectivity index (χ3v) is 2.98. The highest BCUT2D eigenvalue weighted by Crippen LogP contribution is 2.16. The Balaban J connectivity index is 2.36. The third kappa shape index (κ3) is 4.13. The predicted molar refractivity (Wildman–Crippen MR) is 64.6 cm³/mol. The molecule has 1 fully saturated rings. The average molecular weight is 229 g/mol. The molecular formula is C10H19N3OS. The fourth-order valence-corrected chi connectivity index (χ4v) is 2.08. The average Bonchev–Trinajstić information content (AvgIpc) is 2.18. The Morgan fingerprint density at radius 3 is 3.00 bits per heavy atom. The summed E-state index contributed by atoms with van der Waals surface area (Å²) in [5.74, 6) is 0.365. The third-order valence-electron chi connectivity index (χ3n) is 2.65. The van der Waals surface area contributed by atoms with E-state index < -0.39 is 0 Å². The number of rotatable bonds is 4. The zero-order chi connectivity index (χ0) is 11.3. The van der Waals surface area contributed by atoms with Gasteiger partial charge in [-0.2, -0.15) is 0 Å². The highest BCUT2D eigenvalue weighted by molar-refractivity contribution is 7.80. The number of hydrogen-bond donors (Lipinski definition) is 2. The summed E-state index contributed by atoms with van der Waals surface area (Å²) in [6.07, 6.45) is 2.13. The normalized spacial score (nSPS) is 22.3. The van der Waals surface area contributed by atoms with E-state index in [1.54, 1.807) is 0 Å². The van der Waals surface area contributed by atoms with Crippen LogP contribution in [0.25, 0.3) is 0 Å². The molecule has 1 atom stereocenters. The van der Waals surface area contributed by atoms with E-state index >= 15 is 0 Å². The molecule has 0 bridgehead atoms. The van der Waals surface area contributed by atoms with Gasteiger partial charge in [0.2, 0.25) is 5.91 Å². The standard InChI is InChI=1S/C10H19N3OS/c1-2-12-9(14)7-13-5-3-4-8(6-13)10(11)15/h8H,2-7H2,1H3,(H2,11,15)(H,12,14). The second kappa shape index (κ2) is 6.02. The van der Waals surface area contributed by atoms with E-state index in [1.807, 2.05) is 6.92 Å². The van der Waals surface area contributed by atoms with Gasteiger partial charge in [0, 0.05) is 19.0 Å². The van der Waals surface area contributed by atoms with E-state index in [0.29, 0.717) is 18.1 Å². The first-order valence-electron chi connectivity index (χ1n) is 5.41. The molecule has 1 rings (SSSR count). The number of amides is 1. The van der Waals surface area contributed by atoms with Crippen LogP contribution in [0.5, 0.6) is 0 Å². The summed E-state index contributed by atoms with van der Waals surface area (Å²) >= 11 is 4.98. The number of nitrogens with zero attached hydrogens (tertiary/aromatic N) is 1. The van der Waals surface area contributed by atoms with Crippen molar-refractivity contribution in [1.82, 2.24) is 10.2 Å². The molecule has 3 N–H and O–H groups in total. The van der Waals surface area contributed by atoms with Gasteiger partial charge in [-0.05, 0) is 26.3 Å². The summed E-state index contributed by atoms with van der Waals surface area (Å²) in [6, 6.07) is 0. The maximum Gasteiger partial charge on any atom is 0.234 e. The zero-order valence-electron chi connectivity index (χ0n) is 9.16. The smallest absolute Gasteiger partial charge is 0.234 e. The highest BCUT2D eigenvalue weighted by Gasteiger charge is 2.22. The minimum absolute atomic E-state index is 0.0843.